The van der Waals surface area contributed by atoms with Crippen molar-refractivity contribution in [2.45, 2.75) is 50.8 Å². The van der Waals surface area contributed by atoms with Crippen LogP contribution in [0.2, 0.25) is 0 Å². The van der Waals surface area contributed by atoms with Crippen molar-refractivity contribution in [3.63, 3.8) is 0 Å². The molecule has 0 spiro atoms. The zero-order valence-electron chi connectivity index (χ0n) is 10.5. The standard InChI is InChI=1S/C12H21NO3S/c1-3-4-8-17-9(2)11(14)13-7-5-6-10(13)12(15)16/h9-10H,3-8H2,1-2H3,(H,15,16)/t9?,10-/m1/s1. The van der Waals surface area contributed by atoms with Gasteiger partial charge in [0.2, 0.25) is 5.91 Å². The molecule has 0 saturated carbocycles. The molecule has 0 aliphatic carbocycles. The number of unbranched alkanes of at least 4 members (excludes halogenated alkanes) is 1. The fourth-order valence-corrected chi connectivity index (χ4v) is 3.08. The highest BCUT2D eigenvalue weighted by Crippen LogP contribution is 2.22. The van der Waals surface area contributed by atoms with E-state index >= 15 is 0 Å². The van der Waals surface area contributed by atoms with E-state index in [1.54, 1.807) is 11.8 Å². The van der Waals surface area contributed by atoms with E-state index in [1.165, 1.54) is 4.90 Å². The molecule has 0 bridgehead atoms. The van der Waals surface area contributed by atoms with Crippen LogP contribution < -0.4 is 0 Å². The predicted molar refractivity (Wildman–Crippen MR) is 69.2 cm³/mol. The van der Waals surface area contributed by atoms with E-state index in [1.807, 2.05) is 6.92 Å². The second-order valence-electron chi connectivity index (χ2n) is 4.39. The van der Waals surface area contributed by atoms with Gasteiger partial charge in [0.15, 0.2) is 0 Å². The van der Waals surface area contributed by atoms with E-state index in [-0.39, 0.29) is 11.2 Å². The number of carboxylic acids is 1. The SMILES string of the molecule is CCCCSC(C)C(=O)N1CCC[C@@H]1C(=O)O. The van der Waals surface area contributed by atoms with E-state index in [9.17, 15) is 9.59 Å². The molecule has 0 aromatic carbocycles. The van der Waals surface area contributed by atoms with Crippen molar-refractivity contribution in [3.05, 3.63) is 0 Å². The average Bonchev–Trinajstić information content (AvgIpc) is 2.77. The second-order valence-corrected chi connectivity index (χ2v) is 5.84. The third kappa shape index (κ3) is 3.91. The van der Waals surface area contributed by atoms with E-state index in [0.29, 0.717) is 13.0 Å². The summed E-state index contributed by atoms with van der Waals surface area (Å²) in [6.07, 6.45) is 3.61. The lowest BCUT2D eigenvalue weighted by molar-refractivity contribution is -0.147. The largest absolute Gasteiger partial charge is 0.480 e. The van der Waals surface area contributed by atoms with Crippen molar-refractivity contribution in [3.8, 4) is 0 Å². The van der Waals surface area contributed by atoms with Crippen LogP contribution in [0.25, 0.3) is 0 Å². The van der Waals surface area contributed by atoms with Gasteiger partial charge in [0.25, 0.3) is 0 Å². The van der Waals surface area contributed by atoms with Crippen LogP contribution in [0.4, 0.5) is 0 Å². The second kappa shape index (κ2) is 6.89. The lowest BCUT2D eigenvalue weighted by Gasteiger charge is -2.24. The van der Waals surface area contributed by atoms with Crippen LogP contribution in [0.1, 0.15) is 39.5 Å². The summed E-state index contributed by atoms with van der Waals surface area (Å²) < 4.78 is 0. The Hall–Kier alpha value is -0.710. The van der Waals surface area contributed by atoms with E-state index in [4.69, 9.17) is 5.11 Å². The van der Waals surface area contributed by atoms with Gasteiger partial charge in [0.05, 0.1) is 5.25 Å². The molecule has 1 rings (SSSR count). The lowest BCUT2D eigenvalue weighted by Crippen LogP contribution is -2.43. The van der Waals surface area contributed by atoms with Crippen LogP contribution in [0.5, 0.6) is 0 Å². The normalized spacial score (nSPS) is 21.5. The number of hydrogen-bond donors (Lipinski definition) is 1. The Kier molecular flexibility index (Phi) is 5.82. The molecule has 1 aliphatic rings. The molecule has 1 saturated heterocycles. The summed E-state index contributed by atoms with van der Waals surface area (Å²) >= 11 is 1.63. The minimum atomic E-state index is -0.874. The molecule has 5 heteroatoms. The number of thioether (sulfide) groups is 1. The van der Waals surface area contributed by atoms with Crippen molar-refractivity contribution in [2.75, 3.05) is 12.3 Å². The number of nitrogens with zero attached hydrogens (tertiary/aromatic N) is 1. The third-order valence-electron chi connectivity index (χ3n) is 3.03. The molecular weight excluding hydrogens is 238 g/mol. The predicted octanol–water partition coefficient (Wildman–Crippen LogP) is 1.98. The number of carboxylic acid groups (broad SMARTS) is 1. The van der Waals surface area contributed by atoms with Crippen molar-refractivity contribution in [1.29, 1.82) is 0 Å². The number of carbonyl (C=O) groups is 2. The van der Waals surface area contributed by atoms with Gasteiger partial charge in [-0.05, 0) is 31.9 Å². The summed E-state index contributed by atoms with van der Waals surface area (Å²) in [5.74, 6) is 0.0761. The Morgan fingerprint density at radius 2 is 2.24 bits per heavy atom. The smallest absolute Gasteiger partial charge is 0.326 e. The first-order valence-electron chi connectivity index (χ1n) is 6.22. The quantitative estimate of drug-likeness (QED) is 0.741. The molecule has 1 N–H and O–H groups in total. The maximum atomic E-state index is 12.1. The van der Waals surface area contributed by atoms with Gasteiger partial charge in [-0.25, -0.2) is 4.79 Å². The maximum Gasteiger partial charge on any atom is 0.326 e. The molecule has 1 heterocycles. The van der Waals surface area contributed by atoms with E-state index in [2.05, 4.69) is 6.92 Å². The highest BCUT2D eigenvalue weighted by atomic mass is 32.2. The minimum Gasteiger partial charge on any atom is -0.480 e. The Bertz CT molecular complexity index is 283. The van der Waals surface area contributed by atoms with Gasteiger partial charge in [-0.2, -0.15) is 0 Å². The molecule has 2 atom stereocenters. The van der Waals surface area contributed by atoms with Crippen LogP contribution in [-0.4, -0.2) is 45.5 Å². The minimum absolute atomic E-state index is 0.0176. The monoisotopic (exact) mass is 259 g/mol. The van der Waals surface area contributed by atoms with Gasteiger partial charge in [-0.1, -0.05) is 13.3 Å². The molecule has 4 nitrogen and oxygen atoms in total. The highest BCUT2D eigenvalue weighted by Gasteiger charge is 2.35. The maximum absolute atomic E-state index is 12.1. The molecule has 0 aromatic heterocycles. The molecule has 1 amide bonds. The number of hydrogen-bond acceptors (Lipinski definition) is 3. The zero-order valence-corrected chi connectivity index (χ0v) is 11.3. The van der Waals surface area contributed by atoms with Crippen molar-refractivity contribution >= 4 is 23.6 Å². The summed E-state index contributed by atoms with van der Waals surface area (Å²) in [6, 6.07) is -0.600. The van der Waals surface area contributed by atoms with Crippen LogP contribution in [0, 0.1) is 0 Å². The lowest BCUT2D eigenvalue weighted by atomic mass is 10.2. The fraction of sp³-hybridized carbons (Fsp3) is 0.833. The Balaban J connectivity index is 2.47. The van der Waals surface area contributed by atoms with Crippen LogP contribution in [0.15, 0.2) is 0 Å². The van der Waals surface area contributed by atoms with Crippen molar-refractivity contribution in [1.82, 2.24) is 4.90 Å². The first-order chi connectivity index (χ1) is 8.07. The summed E-state index contributed by atoms with van der Waals surface area (Å²) in [5.41, 5.74) is 0. The summed E-state index contributed by atoms with van der Waals surface area (Å²) in [4.78, 5) is 24.6. The third-order valence-corrected chi connectivity index (χ3v) is 4.26. The molecule has 0 radical (unpaired) electrons. The molecular formula is C12H21NO3S. The molecule has 98 valence electrons. The first-order valence-corrected chi connectivity index (χ1v) is 7.27. The van der Waals surface area contributed by atoms with Gasteiger partial charge < -0.3 is 10.0 Å². The highest BCUT2D eigenvalue weighted by molar-refractivity contribution is 8.00. The van der Waals surface area contributed by atoms with Crippen LogP contribution >= 0.6 is 11.8 Å². The zero-order chi connectivity index (χ0) is 12.8. The van der Waals surface area contributed by atoms with E-state index < -0.39 is 12.0 Å². The number of amides is 1. The van der Waals surface area contributed by atoms with Gasteiger partial charge in [-0.3, -0.25) is 4.79 Å². The van der Waals surface area contributed by atoms with Crippen LogP contribution in [-0.2, 0) is 9.59 Å². The first kappa shape index (κ1) is 14.4. The Labute approximate surface area is 107 Å². The summed E-state index contributed by atoms with van der Waals surface area (Å²) in [6.45, 7) is 4.59. The van der Waals surface area contributed by atoms with Crippen molar-refractivity contribution in [2.24, 2.45) is 0 Å². The molecule has 1 unspecified atom stereocenters. The fourth-order valence-electron chi connectivity index (χ4n) is 2.00. The Morgan fingerprint density at radius 1 is 1.53 bits per heavy atom. The topological polar surface area (TPSA) is 57.6 Å². The molecule has 0 aromatic rings. The van der Waals surface area contributed by atoms with Crippen LogP contribution in [0.3, 0.4) is 0 Å². The van der Waals surface area contributed by atoms with Crippen molar-refractivity contribution < 1.29 is 14.7 Å². The number of carbonyl (C=O) groups excluding carboxylic acids is 1. The summed E-state index contributed by atoms with van der Waals surface area (Å²) in [7, 11) is 0. The number of rotatable bonds is 6. The molecule has 1 fully saturated rings. The number of likely N-dealkylation sites (tertiary alicyclic amines) is 1. The van der Waals surface area contributed by atoms with Gasteiger partial charge >= 0.3 is 5.97 Å². The average molecular weight is 259 g/mol. The van der Waals surface area contributed by atoms with Gasteiger partial charge in [0.1, 0.15) is 6.04 Å². The Morgan fingerprint density at radius 3 is 2.82 bits per heavy atom. The van der Waals surface area contributed by atoms with Gasteiger partial charge in [0, 0.05) is 6.54 Å². The van der Waals surface area contributed by atoms with Gasteiger partial charge in [-0.15, -0.1) is 11.8 Å². The molecule has 1 aliphatic heterocycles. The number of aliphatic carboxylic acids is 1. The van der Waals surface area contributed by atoms with E-state index in [0.717, 1.165) is 25.0 Å². The summed E-state index contributed by atoms with van der Waals surface area (Å²) in [5, 5.41) is 8.90. The molecule has 17 heavy (non-hydrogen) atoms.